The van der Waals surface area contributed by atoms with Crippen LogP contribution < -0.4 is 9.47 Å². The van der Waals surface area contributed by atoms with Crippen LogP contribution >= 0.6 is 0 Å². The van der Waals surface area contributed by atoms with Gasteiger partial charge in [0.15, 0.2) is 12.4 Å². The molecular formula is C19H21N2O4+. The van der Waals surface area contributed by atoms with Crippen LogP contribution in [-0.4, -0.2) is 36.2 Å². The number of rotatable bonds is 7. The van der Waals surface area contributed by atoms with Gasteiger partial charge in [-0.2, -0.15) is 4.57 Å². The van der Waals surface area contributed by atoms with Crippen molar-refractivity contribution in [1.82, 2.24) is 0 Å². The molecule has 0 aliphatic rings. The summed E-state index contributed by atoms with van der Waals surface area (Å²) >= 11 is 0. The topological polar surface area (TPSA) is 81.7 Å². The fraction of sp³-hybridized carbons (Fsp3) is 0.211. The molecule has 0 aliphatic heterocycles. The largest absolute Gasteiger partial charge is 0.481 e. The first-order chi connectivity index (χ1) is 11.9. The van der Waals surface area contributed by atoms with Crippen LogP contribution in [0.3, 0.4) is 0 Å². The number of carboxylic acid groups (broad SMARTS) is 2. The van der Waals surface area contributed by atoms with Gasteiger partial charge >= 0.3 is 11.9 Å². The molecule has 1 aromatic heterocycles. The third-order valence-electron chi connectivity index (χ3n) is 3.77. The number of benzene rings is 1. The Hall–Kier alpha value is -3.15. The van der Waals surface area contributed by atoms with Crippen molar-refractivity contribution >= 4 is 29.8 Å². The molecule has 0 bridgehead atoms. The van der Waals surface area contributed by atoms with E-state index in [1.165, 1.54) is 4.57 Å². The number of pyridine rings is 1. The highest BCUT2D eigenvalue weighted by Crippen LogP contribution is 2.14. The standard InChI is InChI=1S/C19H20N2O4/c1-20(2)16-7-5-14(6-8-16)3-4-15-9-11-21(12-10-15)17(19(24)25)13-18(22)23/h3-12,17H,13H2,1-2H3,(H-,22,23,24,25)/p+1. The van der Waals surface area contributed by atoms with Gasteiger partial charge in [-0.1, -0.05) is 24.3 Å². The number of carbonyl (C=O) groups is 2. The molecule has 130 valence electrons. The summed E-state index contributed by atoms with van der Waals surface area (Å²) in [6.45, 7) is 0. The van der Waals surface area contributed by atoms with Crippen molar-refractivity contribution in [3.63, 3.8) is 0 Å². The lowest BCUT2D eigenvalue weighted by atomic mass is 10.1. The molecule has 2 N–H and O–H groups in total. The molecule has 1 unspecified atom stereocenters. The Bertz CT molecular complexity index is 765. The predicted octanol–water partition coefficient (Wildman–Crippen LogP) is 2.31. The van der Waals surface area contributed by atoms with Crippen molar-refractivity contribution in [3.05, 3.63) is 59.9 Å². The number of nitrogens with zero attached hydrogens (tertiary/aromatic N) is 2. The SMILES string of the molecule is CN(C)c1ccc(/C=C/c2cc[n+](C(CC(=O)O)C(=O)O)cc2)cc1. The van der Waals surface area contributed by atoms with Gasteiger partial charge in [0.1, 0.15) is 6.42 Å². The van der Waals surface area contributed by atoms with E-state index in [4.69, 9.17) is 10.2 Å². The molecule has 0 radical (unpaired) electrons. The van der Waals surface area contributed by atoms with E-state index < -0.39 is 24.4 Å². The molecule has 25 heavy (non-hydrogen) atoms. The van der Waals surface area contributed by atoms with Gasteiger partial charge in [-0.05, 0) is 23.3 Å². The lowest BCUT2D eigenvalue weighted by Gasteiger charge is -2.11. The van der Waals surface area contributed by atoms with Crippen LogP contribution in [0.2, 0.25) is 0 Å². The van der Waals surface area contributed by atoms with Gasteiger partial charge in [-0.25, -0.2) is 4.79 Å². The average molecular weight is 341 g/mol. The first kappa shape index (κ1) is 18.2. The van der Waals surface area contributed by atoms with Crippen LogP contribution in [0.15, 0.2) is 48.8 Å². The van der Waals surface area contributed by atoms with E-state index in [1.807, 2.05) is 55.4 Å². The number of anilines is 1. The zero-order chi connectivity index (χ0) is 18.4. The number of aromatic nitrogens is 1. The molecule has 1 aromatic carbocycles. The van der Waals surface area contributed by atoms with Gasteiger partial charge in [0.25, 0.3) is 6.04 Å². The zero-order valence-corrected chi connectivity index (χ0v) is 14.2. The van der Waals surface area contributed by atoms with Crippen molar-refractivity contribution in [1.29, 1.82) is 0 Å². The van der Waals surface area contributed by atoms with Gasteiger partial charge < -0.3 is 15.1 Å². The Balaban J connectivity index is 2.11. The Labute approximate surface area is 146 Å². The summed E-state index contributed by atoms with van der Waals surface area (Å²) in [5.74, 6) is -2.32. The predicted molar refractivity (Wildman–Crippen MR) is 95.3 cm³/mol. The maximum absolute atomic E-state index is 11.2. The highest BCUT2D eigenvalue weighted by atomic mass is 16.4. The van der Waals surface area contributed by atoms with E-state index in [0.29, 0.717) is 0 Å². The molecule has 1 heterocycles. The number of hydrogen-bond acceptors (Lipinski definition) is 3. The van der Waals surface area contributed by atoms with Gasteiger partial charge in [0.2, 0.25) is 0 Å². The van der Waals surface area contributed by atoms with Gasteiger partial charge in [0.05, 0.1) is 0 Å². The summed E-state index contributed by atoms with van der Waals surface area (Å²) in [6, 6.07) is 10.5. The maximum atomic E-state index is 11.2. The van der Waals surface area contributed by atoms with Gasteiger partial charge in [-0.15, -0.1) is 0 Å². The Morgan fingerprint density at radius 2 is 1.52 bits per heavy atom. The lowest BCUT2D eigenvalue weighted by Crippen LogP contribution is -2.44. The van der Waals surface area contributed by atoms with E-state index in [9.17, 15) is 9.59 Å². The third-order valence-corrected chi connectivity index (χ3v) is 3.77. The highest BCUT2D eigenvalue weighted by Gasteiger charge is 2.29. The van der Waals surface area contributed by atoms with Crippen LogP contribution in [0.1, 0.15) is 23.6 Å². The summed E-state index contributed by atoms with van der Waals surface area (Å²) in [6.07, 6.45) is 6.58. The minimum atomic E-state index is -1.17. The maximum Gasteiger partial charge on any atom is 0.374 e. The average Bonchev–Trinajstić information content (AvgIpc) is 2.58. The smallest absolute Gasteiger partial charge is 0.374 e. The van der Waals surface area contributed by atoms with Crippen molar-refractivity contribution in [2.75, 3.05) is 19.0 Å². The first-order valence-corrected chi connectivity index (χ1v) is 7.77. The zero-order valence-electron chi connectivity index (χ0n) is 14.2. The Morgan fingerprint density at radius 1 is 1.00 bits per heavy atom. The van der Waals surface area contributed by atoms with E-state index in [2.05, 4.69) is 0 Å². The van der Waals surface area contributed by atoms with E-state index in [0.717, 1.165) is 16.8 Å². The fourth-order valence-electron chi connectivity index (χ4n) is 2.33. The van der Waals surface area contributed by atoms with Gasteiger partial charge in [-0.3, -0.25) is 4.79 Å². The fourth-order valence-corrected chi connectivity index (χ4v) is 2.33. The summed E-state index contributed by atoms with van der Waals surface area (Å²) in [7, 11) is 3.97. The summed E-state index contributed by atoms with van der Waals surface area (Å²) in [4.78, 5) is 24.0. The molecule has 0 aliphatic carbocycles. The number of carboxylic acids is 2. The van der Waals surface area contributed by atoms with Crippen LogP contribution in [-0.2, 0) is 9.59 Å². The summed E-state index contributed by atoms with van der Waals surface area (Å²) < 4.78 is 1.39. The van der Waals surface area contributed by atoms with Crippen LogP contribution in [0.5, 0.6) is 0 Å². The molecular weight excluding hydrogens is 320 g/mol. The second kappa shape index (κ2) is 8.10. The van der Waals surface area contributed by atoms with Crippen molar-refractivity contribution < 1.29 is 24.4 Å². The molecule has 0 fully saturated rings. The van der Waals surface area contributed by atoms with Crippen molar-refractivity contribution in [2.24, 2.45) is 0 Å². The minimum absolute atomic E-state index is 0.465. The molecule has 0 saturated carbocycles. The number of aliphatic carboxylic acids is 2. The molecule has 0 amide bonds. The molecule has 2 rings (SSSR count). The summed E-state index contributed by atoms with van der Waals surface area (Å²) in [5, 5.41) is 18.0. The van der Waals surface area contributed by atoms with Crippen LogP contribution in [0.4, 0.5) is 5.69 Å². The molecule has 6 nitrogen and oxygen atoms in total. The quantitative estimate of drug-likeness (QED) is 0.755. The van der Waals surface area contributed by atoms with Crippen LogP contribution in [0.25, 0.3) is 12.2 Å². The van der Waals surface area contributed by atoms with Gasteiger partial charge in [0, 0.05) is 31.9 Å². The first-order valence-electron chi connectivity index (χ1n) is 7.77. The molecule has 1 atom stereocenters. The van der Waals surface area contributed by atoms with Crippen LogP contribution in [0, 0.1) is 0 Å². The van der Waals surface area contributed by atoms with E-state index >= 15 is 0 Å². The van der Waals surface area contributed by atoms with Crippen molar-refractivity contribution in [3.8, 4) is 0 Å². The van der Waals surface area contributed by atoms with E-state index in [1.54, 1.807) is 24.5 Å². The van der Waals surface area contributed by atoms with E-state index in [-0.39, 0.29) is 0 Å². The Morgan fingerprint density at radius 3 is 1.96 bits per heavy atom. The third kappa shape index (κ3) is 5.17. The summed E-state index contributed by atoms with van der Waals surface area (Å²) in [5.41, 5.74) is 3.07. The second-order valence-electron chi connectivity index (χ2n) is 5.85. The normalized spacial score (nSPS) is 12.1. The Kier molecular flexibility index (Phi) is 5.89. The molecule has 6 heteroatoms. The number of hydrogen-bond donors (Lipinski definition) is 2. The minimum Gasteiger partial charge on any atom is -0.481 e. The lowest BCUT2D eigenvalue weighted by molar-refractivity contribution is -0.710. The monoisotopic (exact) mass is 341 g/mol. The van der Waals surface area contributed by atoms with Crippen molar-refractivity contribution in [2.45, 2.75) is 12.5 Å². The molecule has 0 spiro atoms. The second-order valence-corrected chi connectivity index (χ2v) is 5.85. The highest BCUT2D eigenvalue weighted by molar-refractivity contribution is 5.77. The molecule has 2 aromatic rings. The molecule has 0 saturated heterocycles.